The number of halogens is 1. The lowest BCUT2D eigenvalue weighted by molar-refractivity contribution is 0.550. The van der Waals surface area contributed by atoms with Gasteiger partial charge in [0.25, 0.3) is 0 Å². The van der Waals surface area contributed by atoms with Gasteiger partial charge in [-0.25, -0.2) is 0 Å². The van der Waals surface area contributed by atoms with Crippen LogP contribution in [0.2, 0.25) is 0 Å². The van der Waals surface area contributed by atoms with Gasteiger partial charge in [-0.3, -0.25) is 0 Å². The zero-order chi connectivity index (χ0) is 10.6. The Hall–Kier alpha value is -0.900. The smallest absolute Gasteiger partial charge is 0.189 e. The number of hydrogen-bond donors (Lipinski definition) is 0. The van der Waals surface area contributed by atoms with Gasteiger partial charge < -0.3 is 0 Å². The van der Waals surface area contributed by atoms with Crippen LogP contribution in [0.15, 0.2) is 29.2 Å². The fourth-order valence-electron chi connectivity index (χ4n) is 1.32. The van der Waals surface area contributed by atoms with Crippen molar-refractivity contribution >= 4 is 10.2 Å². The summed E-state index contributed by atoms with van der Waals surface area (Å²) in [5.41, 5.74) is 0.567. The van der Waals surface area contributed by atoms with Crippen molar-refractivity contribution in [2.75, 3.05) is 0 Å². The van der Waals surface area contributed by atoms with Crippen molar-refractivity contribution in [3.05, 3.63) is 29.8 Å². The Morgan fingerprint density at radius 2 is 1.93 bits per heavy atom. The Balaban J connectivity index is 3.04. The zero-order valence-corrected chi connectivity index (χ0v) is 8.85. The van der Waals surface area contributed by atoms with Crippen LogP contribution < -0.4 is 0 Å². The van der Waals surface area contributed by atoms with Crippen molar-refractivity contribution in [2.24, 2.45) is 0 Å². The van der Waals surface area contributed by atoms with Crippen LogP contribution in [0.25, 0.3) is 0 Å². The topological polar surface area (TPSA) is 34.1 Å². The molecule has 0 N–H and O–H groups in total. The standard InChI is InChI=1S/C10H13FO2S/c1-2-3-6-9-7-4-5-8-10(9)14(11,12)13/h4-5,7-8H,2-3,6H2,1H3. The van der Waals surface area contributed by atoms with Gasteiger partial charge in [-0.05, 0) is 24.5 Å². The molecule has 0 atom stereocenters. The second kappa shape index (κ2) is 4.55. The maximum absolute atomic E-state index is 12.8. The zero-order valence-electron chi connectivity index (χ0n) is 8.03. The maximum atomic E-state index is 12.8. The third-order valence-corrected chi connectivity index (χ3v) is 2.96. The summed E-state index contributed by atoms with van der Waals surface area (Å²) in [5, 5.41) is 0. The summed E-state index contributed by atoms with van der Waals surface area (Å²) < 4.78 is 34.3. The SMILES string of the molecule is CCCCc1ccccc1S(=O)(=O)F. The molecule has 1 rings (SSSR count). The highest BCUT2D eigenvalue weighted by Gasteiger charge is 2.15. The van der Waals surface area contributed by atoms with Crippen LogP contribution >= 0.6 is 0 Å². The van der Waals surface area contributed by atoms with Gasteiger partial charge in [0.15, 0.2) is 0 Å². The summed E-state index contributed by atoms with van der Waals surface area (Å²) in [7, 11) is -4.56. The average Bonchev–Trinajstić information content (AvgIpc) is 2.14. The largest absolute Gasteiger partial charge is 0.332 e. The van der Waals surface area contributed by atoms with Gasteiger partial charge in [-0.1, -0.05) is 31.5 Å². The molecule has 14 heavy (non-hydrogen) atoms. The summed E-state index contributed by atoms with van der Waals surface area (Å²) in [4.78, 5) is -0.187. The van der Waals surface area contributed by atoms with Gasteiger partial charge in [0.2, 0.25) is 0 Å². The predicted octanol–water partition coefficient (Wildman–Crippen LogP) is 2.69. The van der Waals surface area contributed by atoms with Gasteiger partial charge in [-0.15, -0.1) is 3.89 Å². The van der Waals surface area contributed by atoms with E-state index in [0.717, 1.165) is 12.8 Å². The fraction of sp³-hybridized carbons (Fsp3) is 0.400. The Morgan fingerprint density at radius 1 is 1.29 bits per heavy atom. The molecule has 0 aromatic heterocycles. The molecule has 0 bridgehead atoms. The van der Waals surface area contributed by atoms with E-state index in [0.29, 0.717) is 12.0 Å². The molecule has 0 radical (unpaired) electrons. The molecule has 0 aliphatic rings. The van der Waals surface area contributed by atoms with Gasteiger partial charge >= 0.3 is 10.2 Å². The van der Waals surface area contributed by atoms with Crippen molar-refractivity contribution in [1.82, 2.24) is 0 Å². The lowest BCUT2D eigenvalue weighted by Gasteiger charge is -2.04. The third-order valence-electron chi connectivity index (χ3n) is 2.03. The first-order valence-electron chi connectivity index (χ1n) is 4.58. The highest BCUT2D eigenvalue weighted by Crippen LogP contribution is 2.19. The first kappa shape index (κ1) is 11.2. The van der Waals surface area contributed by atoms with Crippen molar-refractivity contribution in [3.8, 4) is 0 Å². The Bertz CT molecular complexity index is 398. The van der Waals surface area contributed by atoms with Crippen LogP contribution in [0.4, 0.5) is 3.89 Å². The first-order valence-corrected chi connectivity index (χ1v) is 5.96. The van der Waals surface area contributed by atoms with E-state index in [2.05, 4.69) is 0 Å². The number of rotatable bonds is 4. The molecule has 0 aliphatic heterocycles. The van der Waals surface area contributed by atoms with Crippen LogP contribution in [-0.2, 0) is 16.6 Å². The van der Waals surface area contributed by atoms with E-state index in [9.17, 15) is 12.3 Å². The van der Waals surface area contributed by atoms with E-state index >= 15 is 0 Å². The van der Waals surface area contributed by atoms with Crippen molar-refractivity contribution in [3.63, 3.8) is 0 Å². The van der Waals surface area contributed by atoms with Gasteiger partial charge in [0, 0.05) is 0 Å². The van der Waals surface area contributed by atoms with Crippen LogP contribution in [0.1, 0.15) is 25.3 Å². The molecule has 0 amide bonds. The second-order valence-electron chi connectivity index (χ2n) is 3.15. The highest BCUT2D eigenvalue weighted by molar-refractivity contribution is 7.86. The Labute approximate surface area is 84.0 Å². The van der Waals surface area contributed by atoms with Crippen molar-refractivity contribution in [2.45, 2.75) is 31.1 Å². The summed E-state index contributed by atoms with van der Waals surface area (Å²) in [6.45, 7) is 2.01. The minimum atomic E-state index is -4.56. The molecule has 78 valence electrons. The van der Waals surface area contributed by atoms with Crippen molar-refractivity contribution < 1.29 is 12.3 Å². The first-order chi connectivity index (χ1) is 6.55. The van der Waals surface area contributed by atoms with Crippen LogP contribution in [0, 0.1) is 0 Å². The quantitative estimate of drug-likeness (QED) is 0.725. The summed E-state index contributed by atoms with van der Waals surface area (Å²) >= 11 is 0. The molecule has 0 saturated carbocycles. The molecule has 2 nitrogen and oxygen atoms in total. The van der Waals surface area contributed by atoms with E-state index in [1.54, 1.807) is 12.1 Å². The highest BCUT2D eigenvalue weighted by atomic mass is 32.3. The van der Waals surface area contributed by atoms with Crippen LogP contribution in [0.3, 0.4) is 0 Å². The van der Waals surface area contributed by atoms with E-state index in [1.165, 1.54) is 12.1 Å². The third kappa shape index (κ3) is 2.80. The minimum absolute atomic E-state index is 0.187. The van der Waals surface area contributed by atoms with E-state index < -0.39 is 10.2 Å². The van der Waals surface area contributed by atoms with Gasteiger partial charge in [0.05, 0.1) is 0 Å². The molecular formula is C10H13FO2S. The monoisotopic (exact) mass is 216 g/mol. The van der Waals surface area contributed by atoms with E-state index in [1.807, 2.05) is 6.92 Å². The molecule has 0 saturated heterocycles. The summed E-state index contributed by atoms with van der Waals surface area (Å²) in [6, 6.07) is 6.21. The second-order valence-corrected chi connectivity index (χ2v) is 4.46. The maximum Gasteiger partial charge on any atom is 0.332 e. The predicted molar refractivity (Wildman–Crippen MR) is 53.3 cm³/mol. The molecule has 0 spiro atoms. The van der Waals surface area contributed by atoms with Gasteiger partial charge in [0.1, 0.15) is 4.90 Å². The minimum Gasteiger partial charge on any atom is -0.189 e. The van der Waals surface area contributed by atoms with Crippen molar-refractivity contribution in [1.29, 1.82) is 0 Å². The number of benzene rings is 1. The van der Waals surface area contributed by atoms with Crippen LogP contribution in [-0.4, -0.2) is 8.42 Å². The van der Waals surface area contributed by atoms with E-state index in [-0.39, 0.29) is 4.90 Å². The average molecular weight is 216 g/mol. The Kier molecular flexibility index (Phi) is 3.63. The number of unbranched alkanes of at least 4 members (excludes halogenated alkanes) is 1. The molecule has 0 fully saturated rings. The molecule has 4 heteroatoms. The number of aryl methyl sites for hydroxylation is 1. The normalized spacial score (nSPS) is 11.6. The molecule has 1 aromatic carbocycles. The Morgan fingerprint density at radius 3 is 2.50 bits per heavy atom. The molecular weight excluding hydrogens is 203 g/mol. The van der Waals surface area contributed by atoms with Crippen LogP contribution in [0.5, 0.6) is 0 Å². The lowest BCUT2D eigenvalue weighted by Crippen LogP contribution is -1.98. The molecule has 1 aromatic rings. The molecule has 0 heterocycles. The van der Waals surface area contributed by atoms with E-state index in [4.69, 9.17) is 0 Å². The number of hydrogen-bond acceptors (Lipinski definition) is 2. The molecule has 0 unspecified atom stereocenters. The van der Waals surface area contributed by atoms with Gasteiger partial charge in [-0.2, -0.15) is 8.42 Å². The summed E-state index contributed by atoms with van der Waals surface area (Å²) in [6.07, 6.45) is 2.43. The fourth-order valence-corrected chi connectivity index (χ4v) is 2.04. The molecule has 0 aliphatic carbocycles. The summed E-state index contributed by atoms with van der Waals surface area (Å²) in [5.74, 6) is 0. The lowest BCUT2D eigenvalue weighted by atomic mass is 10.1.